The zero-order chi connectivity index (χ0) is 44.8. The number of benzene rings is 6. The van der Waals surface area contributed by atoms with Gasteiger partial charge in [0.15, 0.2) is 0 Å². The summed E-state index contributed by atoms with van der Waals surface area (Å²) in [5.74, 6) is 7.63. The minimum Gasteiger partial charge on any atom is 0 e. The summed E-state index contributed by atoms with van der Waals surface area (Å²) in [6.45, 7) is 7.86. The fourth-order valence-corrected chi connectivity index (χ4v) is 11.0. The number of imidazole rings is 1. The topological polar surface area (TPSA) is 56.7 Å². The van der Waals surface area contributed by atoms with Gasteiger partial charge < -0.3 is 8.98 Å². The van der Waals surface area contributed by atoms with Crippen LogP contribution in [0.2, 0.25) is 17.3 Å². The molecule has 4 heterocycles. The van der Waals surface area contributed by atoms with Crippen LogP contribution in [0.5, 0.6) is 0 Å². The average molecular weight is 1060 g/mol. The van der Waals surface area contributed by atoms with E-state index in [4.69, 9.17) is 12.1 Å². The first-order valence-corrected chi connectivity index (χ1v) is 28.5. The molecule has 4 aromatic heterocycles. The summed E-state index contributed by atoms with van der Waals surface area (Å²) >= 11 is -2.24. The molecule has 0 amide bonds. The monoisotopic (exact) mass is 1060 g/mol. The van der Waals surface area contributed by atoms with E-state index in [0.29, 0.717) is 5.71 Å². The van der Waals surface area contributed by atoms with Crippen LogP contribution < -0.4 is 4.40 Å². The quantitative estimate of drug-likeness (QED) is 0.118. The number of hydrogen-bond acceptors (Lipinski definition) is 4. The SMILES string of the molecule is Cc1ccc2c(n1)oc1c(-c3nc4ccccc4n3-c3c(-c4ccccc4)cccc3-c3ccccc3)[c-]ccc12.[2H]C([2H])(c1cc(-c2[c-]cccc2)nc[c]1[Ge]([CH3])([CH3])[CH3])C(C)(C)C.[Ir]. The minimum absolute atomic E-state index is 0. The third-order valence-electron chi connectivity index (χ3n) is 10.9. The maximum atomic E-state index is 8.76. The van der Waals surface area contributed by atoms with Gasteiger partial charge in [0.05, 0.1) is 28.1 Å². The Morgan fingerprint density at radius 2 is 1.37 bits per heavy atom. The van der Waals surface area contributed by atoms with Crippen LogP contribution in [-0.2, 0) is 26.5 Å². The Hall–Kier alpha value is -5.92. The van der Waals surface area contributed by atoms with E-state index in [-0.39, 0.29) is 20.1 Å². The molecule has 6 aromatic carbocycles. The van der Waals surface area contributed by atoms with Crippen molar-refractivity contribution in [3.63, 3.8) is 0 Å². The van der Waals surface area contributed by atoms with E-state index in [1.54, 1.807) is 0 Å². The zero-order valence-electron chi connectivity index (χ0n) is 38.6. The van der Waals surface area contributed by atoms with Gasteiger partial charge >= 0.3 is 135 Å². The van der Waals surface area contributed by atoms with Crippen molar-refractivity contribution in [1.82, 2.24) is 19.5 Å². The molecule has 0 bridgehead atoms. The fraction of sp³-hybridized carbons (Fsp3) is 0.161. The molecule has 0 saturated carbocycles. The smallest absolute Gasteiger partial charge is 0 e. The molecule has 7 heteroatoms. The van der Waals surface area contributed by atoms with E-state index in [0.717, 1.165) is 93.6 Å². The van der Waals surface area contributed by atoms with Crippen molar-refractivity contribution in [2.24, 2.45) is 5.41 Å². The number of pyridine rings is 2. The van der Waals surface area contributed by atoms with Crippen LogP contribution in [-0.4, -0.2) is 32.8 Å². The van der Waals surface area contributed by atoms with E-state index in [2.05, 4.69) is 147 Å². The van der Waals surface area contributed by atoms with Crippen LogP contribution in [0.4, 0.5) is 0 Å². The van der Waals surface area contributed by atoms with Gasteiger partial charge in [-0.2, -0.15) is 0 Å². The Morgan fingerprint density at radius 1 is 0.698 bits per heavy atom. The molecule has 0 spiro atoms. The zero-order valence-corrected chi connectivity index (χ0v) is 41.1. The number of fused-ring (bicyclic) bond motifs is 4. The number of hydrogen-bond donors (Lipinski definition) is 0. The van der Waals surface area contributed by atoms with Crippen molar-refractivity contribution in [3.8, 4) is 50.6 Å². The van der Waals surface area contributed by atoms with Crippen LogP contribution in [0, 0.1) is 24.5 Å². The molecule has 0 aliphatic carbocycles. The second-order valence-electron chi connectivity index (χ2n) is 17.7. The van der Waals surface area contributed by atoms with Crippen molar-refractivity contribution in [2.75, 3.05) is 0 Å². The van der Waals surface area contributed by atoms with Crippen LogP contribution in [0.3, 0.4) is 0 Å². The molecule has 0 atom stereocenters. The summed E-state index contributed by atoms with van der Waals surface area (Å²) in [5.41, 5.74) is 12.6. The van der Waals surface area contributed by atoms with Gasteiger partial charge in [0.2, 0.25) is 5.71 Å². The summed E-state index contributed by atoms with van der Waals surface area (Å²) in [5, 5.41) is 1.98. The van der Waals surface area contributed by atoms with Gasteiger partial charge in [-0.3, -0.25) is 4.98 Å². The van der Waals surface area contributed by atoms with Gasteiger partial charge in [0.25, 0.3) is 0 Å². The molecular formula is C56H50GeIrN4O-2. The molecule has 0 unspecified atom stereocenters. The van der Waals surface area contributed by atoms with Crippen LogP contribution in [0.25, 0.3) is 83.7 Å². The predicted octanol–water partition coefficient (Wildman–Crippen LogP) is 14.1. The van der Waals surface area contributed by atoms with E-state index in [1.165, 1.54) is 0 Å². The number of furan rings is 1. The Kier molecular flexibility index (Phi) is 11.8. The second kappa shape index (κ2) is 18.1. The van der Waals surface area contributed by atoms with Crippen molar-refractivity contribution < 1.29 is 27.3 Å². The average Bonchev–Trinajstić information content (AvgIpc) is 3.87. The molecule has 0 aliphatic heterocycles. The molecular weight excluding hydrogens is 1010 g/mol. The van der Waals surface area contributed by atoms with Crippen molar-refractivity contribution in [1.29, 1.82) is 0 Å². The van der Waals surface area contributed by atoms with Gasteiger partial charge in [-0.15, -0.1) is 18.2 Å². The van der Waals surface area contributed by atoms with E-state index < -0.39 is 25.1 Å². The van der Waals surface area contributed by atoms with Gasteiger partial charge in [-0.25, -0.2) is 4.98 Å². The molecule has 0 N–H and O–H groups in total. The third-order valence-corrected chi connectivity index (χ3v) is 15.1. The molecule has 1 radical (unpaired) electrons. The van der Waals surface area contributed by atoms with Crippen molar-refractivity contribution >= 4 is 50.8 Å². The summed E-state index contributed by atoms with van der Waals surface area (Å²) < 4.78 is 27.4. The van der Waals surface area contributed by atoms with Crippen molar-refractivity contribution in [2.45, 2.75) is 51.3 Å². The molecule has 0 aliphatic rings. The van der Waals surface area contributed by atoms with Crippen molar-refractivity contribution in [3.05, 3.63) is 187 Å². The Labute approximate surface area is 389 Å². The van der Waals surface area contributed by atoms with E-state index in [9.17, 15) is 0 Å². The maximum absolute atomic E-state index is 8.76. The maximum Gasteiger partial charge on any atom is 0 e. The second-order valence-corrected chi connectivity index (χ2v) is 28.3. The van der Waals surface area contributed by atoms with E-state index >= 15 is 0 Å². The fourth-order valence-electron chi connectivity index (χ4n) is 8.05. The van der Waals surface area contributed by atoms with Crippen LogP contribution >= 0.6 is 0 Å². The first-order valence-electron chi connectivity index (χ1n) is 22.1. The van der Waals surface area contributed by atoms with Gasteiger partial charge in [-0.05, 0) is 42.3 Å². The minimum atomic E-state index is -2.24. The van der Waals surface area contributed by atoms with E-state index in [1.807, 2.05) is 88.5 Å². The molecule has 10 rings (SSSR count). The summed E-state index contributed by atoms with van der Waals surface area (Å²) in [7, 11) is 0. The standard InChI is InChI=1S/C37H24N3O.C19H26GeN.Ir/c1-24-22-23-30-29-18-11-19-31(35(29)41-37(30)38-24)36-39-32-20-8-9-21-33(32)40(36)34-27(25-12-4-2-5-13-25)16-10-17-28(34)26-14-6-3-7-15-26;1-19(2,3)13-16-12-18(15-10-8-7-9-11-15)21-14-17(16)20(4,5)6;/h2-18,20-23H,1H3;7-10,12,14H,13H2,1-6H3;/q2*-1;/i;13D2;. The van der Waals surface area contributed by atoms with Crippen LogP contribution in [0.15, 0.2) is 168 Å². The summed E-state index contributed by atoms with van der Waals surface area (Å²) in [6, 6.07) is 60.3. The molecule has 0 saturated heterocycles. The first-order chi connectivity index (χ1) is 30.7. The van der Waals surface area contributed by atoms with Crippen LogP contribution in [0.1, 0.15) is 34.8 Å². The van der Waals surface area contributed by atoms with Gasteiger partial charge in [0, 0.05) is 42.3 Å². The number of para-hydroxylation sites is 3. The molecule has 63 heavy (non-hydrogen) atoms. The predicted molar refractivity (Wildman–Crippen MR) is 261 cm³/mol. The summed E-state index contributed by atoms with van der Waals surface area (Å²) in [4.78, 5) is 14.5. The van der Waals surface area contributed by atoms with Gasteiger partial charge in [0.1, 0.15) is 0 Å². The normalized spacial score (nSPS) is 12.4. The molecule has 315 valence electrons. The molecule has 0 fully saturated rings. The first kappa shape index (κ1) is 41.1. The molecule has 5 nitrogen and oxygen atoms in total. The Bertz CT molecular complexity index is 3220. The third kappa shape index (κ3) is 9.12. The van der Waals surface area contributed by atoms with Gasteiger partial charge in [-0.1, -0.05) is 102 Å². The summed E-state index contributed by atoms with van der Waals surface area (Å²) in [6.07, 6.45) is 0.502. The number of aromatic nitrogens is 4. The largest absolute Gasteiger partial charge is 0 e. The number of nitrogens with zero attached hydrogens (tertiary/aromatic N) is 4. The number of rotatable bonds is 7. The number of aryl methyl sites for hydroxylation is 1. The Morgan fingerprint density at radius 3 is 2.02 bits per heavy atom. The Balaban J connectivity index is 0.000000206. The molecule has 10 aromatic rings.